The smallest absolute Gasteiger partial charge is 0.397 e. The van der Waals surface area contributed by atoms with Gasteiger partial charge < -0.3 is 14.3 Å². The van der Waals surface area contributed by atoms with Crippen molar-refractivity contribution < 1.29 is 14.3 Å². The molecule has 0 atom stereocenters. The third-order valence-corrected chi connectivity index (χ3v) is 1.86. The quantitative estimate of drug-likeness (QED) is 0.803. The Morgan fingerprint density at radius 2 is 2.33 bits per heavy atom. The van der Waals surface area contributed by atoms with Crippen LogP contribution in [0.15, 0.2) is 27.4 Å². The second kappa shape index (κ2) is 3.61. The molecule has 15 heavy (non-hydrogen) atoms. The summed E-state index contributed by atoms with van der Waals surface area (Å²) in [5.74, 6) is 0.0445. The van der Waals surface area contributed by atoms with E-state index in [0.29, 0.717) is 17.5 Å². The van der Waals surface area contributed by atoms with Gasteiger partial charge in [-0.2, -0.15) is 4.98 Å². The van der Waals surface area contributed by atoms with E-state index < -0.39 is 5.63 Å². The van der Waals surface area contributed by atoms with Gasteiger partial charge in [-0.05, 0) is 19.1 Å². The highest BCUT2D eigenvalue weighted by atomic mass is 16.6. The van der Waals surface area contributed by atoms with E-state index in [4.69, 9.17) is 9.15 Å². The number of phenolic OH excluding ortho intramolecular Hbond substituents is 1. The van der Waals surface area contributed by atoms with Crippen molar-refractivity contribution in [2.24, 2.45) is 0 Å². The Balaban J connectivity index is 2.68. The first-order valence-electron chi connectivity index (χ1n) is 4.47. The zero-order valence-corrected chi connectivity index (χ0v) is 8.06. The fourth-order valence-corrected chi connectivity index (χ4v) is 1.23. The summed E-state index contributed by atoms with van der Waals surface area (Å²) >= 11 is 0. The predicted octanol–water partition coefficient (Wildman–Crippen LogP) is 1.29. The monoisotopic (exact) mass is 207 g/mol. The zero-order valence-electron chi connectivity index (χ0n) is 8.06. The molecular weight excluding hydrogens is 198 g/mol. The molecule has 0 unspecified atom stereocenters. The summed E-state index contributed by atoms with van der Waals surface area (Å²) in [6.07, 6.45) is -0.0828. The minimum atomic E-state index is -0.525. The van der Waals surface area contributed by atoms with Crippen LogP contribution in [0.2, 0.25) is 0 Å². The second-order valence-corrected chi connectivity index (χ2v) is 2.90. The van der Waals surface area contributed by atoms with Gasteiger partial charge in [0.1, 0.15) is 5.75 Å². The Kier molecular flexibility index (Phi) is 2.29. The van der Waals surface area contributed by atoms with Crippen molar-refractivity contribution in [1.29, 1.82) is 0 Å². The highest BCUT2D eigenvalue weighted by Crippen LogP contribution is 2.17. The maximum Gasteiger partial charge on any atom is 0.397 e. The van der Waals surface area contributed by atoms with Crippen LogP contribution in [0, 0.1) is 0 Å². The van der Waals surface area contributed by atoms with Gasteiger partial charge in [0.05, 0.1) is 17.5 Å². The van der Waals surface area contributed by atoms with Gasteiger partial charge in [0.25, 0.3) is 0 Å². The largest absolute Gasteiger partial charge is 0.508 e. The van der Waals surface area contributed by atoms with E-state index >= 15 is 0 Å². The van der Waals surface area contributed by atoms with Crippen molar-refractivity contribution in [2.75, 3.05) is 6.61 Å². The molecule has 0 saturated heterocycles. The van der Waals surface area contributed by atoms with Crippen molar-refractivity contribution in [3.05, 3.63) is 28.6 Å². The van der Waals surface area contributed by atoms with Gasteiger partial charge in [-0.1, -0.05) is 0 Å². The summed E-state index contributed by atoms with van der Waals surface area (Å²) in [4.78, 5) is 15.4. The predicted molar refractivity (Wildman–Crippen MR) is 53.1 cm³/mol. The Hall–Kier alpha value is -2.04. The SMILES string of the molecule is CCOc1nc2cc(O)ccc2c(=O)o1. The minimum absolute atomic E-state index is 0.0445. The summed E-state index contributed by atoms with van der Waals surface area (Å²) in [7, 11) is 0. The first-order chi connectivity index (χ1) is 7.20. The normalized spacial score (nSPS) is 10.5. The molecule has 0 spiro atoms. The lowest BCUT2D eigenvalue weighted by molar-refractivity contribution is 0.229. The van der Waals surface area contributed by atoms with E-state index in [1.165, 1.54) is 18.2 Å². The molecule has 2 rings (SSSR count). The molecule has 1 heterocycles. The van der Waals surface area contributed by atoms with Gasteiger partial charge in [0.15, 0.2) is 0 Å². The van der Waals surface area contributed by atoms with Crippen LogP contribution >= 0.6 is 0 Å². The van der Waals surface area contributed by atoms with Crippen LogP contribution in [0.1, 0.15) is 6.92 Å². The highest BCUT2D eigenvalue weighted by Gasteiger charge is 2.06. The van der Waals surface area contributed by atoms with Gasteiger partial charge in [0, 0.05) is 6.07 Å². The van der Waals surface area contributed by atoms with Crippen molar-refractivity contribution in [2.45, 2.75) is 6.92 Å². The number of ether oxygens (including phenoxy) is 1. The number of aromatic hydroxyl groups is 1. The molecule has 0 amide bonds. The van der Waals surface area contributed by atoms with E-state index in [0.717, 1.165) is 0 Å². The molecule has 0 fully saturated rings. The number of hydrogen-bond donors (Lipinski definition) is 1. The number of rotatable bonds is 2. The zero-order chi connectivity index (χ0) is 10.8. The number of phenols is 1. The molecule has 0 saturated carbocycles. The first kappa shape index (κ1) is 9.51. The maximum atomic E-state index is 11.4. The van der Waals surface area contributed by atoms with E-state index in [2.05, 4.69) is 4.98 Å². The summed E-state index contributed by atoms with van der Waals surface area (Å²) in [6, 6.07) is 4.25. The summed E-state index contributed by atoms with van der Waals surface area (Å²) in [5, 5.41) is 9.54. The standard InChI is InChI=1S/C10H9NO4/c1-2-14-10-11-8-5-6(12)3-4-7(8)9(13)15-10/h3-5,12H,2H2,1H3. The molecule has 1 N–H and O–H groups in total. The van der Waals surface area contributed by atoms with Crippen LogP contribution in [0.5, 0.6) is 11.8 Å². The van der Waals surface area contributed by atoms with Crippen LogP contribution in [0.3, 0.4) is 0 Å². The fraction of sp³-hybridized carbons (Fsp3) is 0.200. The van der Waals surface area contributed by atoms with Crippen molar-refractivity contribution in [3.8, 4) is 11.8 Å². The Morgan fingerprint density at radius 1 is 1.53 bits per heavy atom. The molecule has 0 bridgehead atoms. The van der Waals surface area contributed by atoms with E-state index in [-0.39, 0.29) is 11.8 Å². The Bertz CT molecular complexity index is 547. The molecule has 0 aliphatic rings. The number of nitrogens with zero attached hydrogens (tertiary/aromatic N) is 1. The summed E-state index contributed by atoms with van der Waals surface area (Å²) in [5.41, 5.74) is -0.168. The molecule has 0 aliphatic heterocycles. The van der Waals surface area contributed by atoms with Crippen LogP contribution in [-0.2, 0) is 0 Å². The molecule has 1 aromatic carbocycles. The average Bonchev–Trinajstić information content (AvgIpc) is 2.17. The van der Waals surface area contributed by atoms with Crippen molar-refractivity contribution in [3.63, 3.8) is 0 Å². The molecule has 2 aromatic rings. The molecule has 78 valence electrons. The number of aromatic nitrogens is 1. The van der Waals surface area contributed by atoms with Gasteiger partial charge in [-0.25, -0.2) is 4.79 Å². The van der Waals surface area contributed by atoms with Crippen LogP contribution < -0.4 is 10.4 Å². The van der Waals surface area contributed by atoms with Gasteiger partial charge in [-0.3, -0.25) is 0 Å². The van der Waals surface area contributed by atoms with Crippen LogP contribution in [0.25, 0.3) is 10.9 Å². The van der Waals surface area contributed by atoms with E-state index in [9.17, 15) is 9.90 Å². The van der Waals surface area contributed by atoms with Crippen molar-refractivity contribution >= 4 is 10.9 Å². The average molecular weight is 207 g/mol. The van der Waals surface area contributed by atoms with Gasteiger partial charge >= 0.3 is 11.7 Å². The number of fused-ring (bicyclic) bond motifs is 1. The summed E-state index contributed by atoms with van der Waals surface area (Å²) in [6.45, 7) is 2.12. The van der Waals surface area contributed by atoms with E-state index in [1.807, 2.05) is 0 Å². The molecule has 0 radical (unpaired) electrons. The molecule has 0 aliphatic carbocycles. The lowest BCUT2D eigenvalue weighted by Gasteiger charge is -2.01. The topological polar surface area (TPSA) is 72.6 Å². The third-order valence-electron chi connectivity index (χ3n) is 1.86. The Morgan fingerprint density at radius 3 is 3.07 bits per heavy atom. The van der Waals surface area contributed by atoms with Crippen molar-refractivity contribution in [1.82, 2.24) is 4.98 Å². The highest BCUT2D eigenvalue weighted by molar-refractivity contribution is 5.78. The van der Waals surface area contributed by atoms with Gasteiger partial charge in [-0.15, -0.1) is 0 Å². The fourth-order valence-electron chi connectivity index (χ4n) is 1.23. The first-order valence-corrected chi connectivity index (χ1v) is 4.47. The maximum absolute atomic E-state index is 11.4. The lowest BCUT2D eigenvalue weighted by Crippen LogP contribution is -2.04. The van der Waals surface area contributed by atoms with Crippen LogP contribution in [-0.4, -0.2) is 16.7 Å². The van der Waals surface area contributed by atoms with E-state index in [1.54, 1.807) is 6.92 Å². The number of benzene rings is 1. The lowest BCUT2D eigenvalue weighted by atomic mass is 10.2. The molecule has 5 heteroatoms. The Labute approximate surface area is 84.9 Å². The minimum Gasteiger partial charge on any atom is -0.508 e. The van der Waals surface area contributed by atoms with Gasteiger partial charge in [0.2, 0.25) is 0 Å². The number of hydrogen-bond acceptors (Lipinski definition) is 5. The summed E-state index contributed by atoms with van der Waals surface area (Å²) < 4.78 is 9.78. The molecular formula is C10H9NO4. The second-order valence-electron chi connectivity index (χ2n) is 2.90. The van der Waals surface area contributed by atoms with Crippen LogP contribution in [0.4, 0.5) is 0 Å². The third kappa shape index (κ3) is 1.76. The molecule has 1 aromatic heterocycles. The molecule has 5 nitrogen and oxygen atoms in total.